The van der Waals surface area contributed by atoms with E-state index in [2.05, 4.69) is 17.2 Å². The van der Waals surface area contributed by atoms with Crippen molar-refractivity contribution in [2.75, 3.05) is 6.61 Å². The fraction of sp³-hybridized carbons (Fsp3) is 0.875. The topological polar surface area (TPSA) is 86.5 Å². The Kier molecular flexibility index (Phi) is 8.39. The molecule has 1 aliphatic rings. The molecule has 1 fully saturated rings. The second-order valence-electron chi connectivity index (χ2n) is 6.45. The number of unbranched alkanes of at least 4 members (excludes halogenated alkanes) is 1. The van der Waals surface area contributed by atoms with Gasteiger partial charge in [-0.1, -0.05) is 37.8 Å². The van der Waals surface area contributed by atoms with Crippen LogP contribution in [0.5, 0.6) is 0 Å². The number of hydrogen-bond acceptors (Lipinski definition) is 5. The molecule has 2 rings (SSSR count). The van der Waals surface area contributed by atoms with Crippen LogP contribution in [0.2, 0.25) is 0 Å². The molecule has 8 heteroatoms. The fourth-order valence-corrected chi connectivity index (χ4v) is 3.95. The van der Waals surface area contributed by atoms with Gasteiger partial charge in [0.2, 0.25) is 0 Å². The lowest BCUT2D eigenvalue weighted by Gasteiger charge is -2.19. The van der Waals surface area contributed by atoms with Gasteiger partial charge in [-0.2, -0.15) is 0 Å². The van der Waals surface area contributed by atoms with Crippen molar-refractivity contribution in [1.82, 2.24) is 15.0 Å². The SMILES string of the molecule is CCCn1cc(CCCCOP(=O)(O)OC2CCCCCC2)nn1. The van der Waals surface area contributed by atoms with Crippen LogP contribution >= 0.6 is 7.82 Å². The van der Waals surface area contributed by atoms with E-state index in [4.69, 9.17) is 9.05 Å². The smallest absolute Gasteiger partial charge is 0.302 e. The highest BCUT2D eigenvalue weighted by molar-refractivity contribution is 7.47. The predicted octanol–water partition coefficient (Wildman–Crippen LogP) is 3.87. The van der Waals surface area contributed by atoms with Gasteiger partial charge in [0.15, 0.2) is 0 Å². The largest absolute Gasteiger partial charge is 0.472 e. The van der Waals surface area contributed by atoms with Crippen LogP contribution in [-0.4, -0.2) is 32.6 Å². The van der Waals surface area contributed by atoms with Gasteiger partial charge in [0, 0.05) is 12.7 Å². The van der Waals surface area contributed by atoms with E-state index in [-0.39, 0.29) is 12.7 Å². The highest BCUT2D eigenvalue weighted by atomic mass is 31.2. The average Bonchev–Trinajstić information content (AvgIpc) is 2.82. The summed E-state index contributed by atoms with van der Waals surface area (Å²) in [4.78, 5) is 9.82. The number of phosphoric acid groups is 1. The Labute approximate surface area is 144 Å². The summed E-state index contributed by atoms with van der Waals surface area (Å²) in [7, 11) is -3.93. The average molecular weight is 359 g/mol. The highest BCUT2D eigenvalue weighted by Gasteiger charge is 2.26. The summed E-state index contributed by atoms with van der Waals surface area (Å²) < 4.78 is 24.2. The Morgan fingerprint density at radius 1 is 1.29 bits per heavy atom. The second kappa shape index (κ2) is 10.3. The van der Waals surface area contributed by atoms with E-state index in [1.807, 2.05) is 10.9 Å². The van der Waals surface area contributed by atoms with Crippen molar-refractivity contribution in [2.45, 2.75) is 83.8 Å². The Morgan fingerprint density at radius 3 is 2.75 bits per heavy atom. The minimum absolute atomic E-state index is 0.142. The standard InChI is InChI=1S/C16H30N3O4P/c1-2-12-19-14-15(17-18-19)9-7-8-13-22-24(20,21)23-16-10-5-3-4-6-11-16/h14,16H,2-13H2,1H3,(H,20,21). The van der Waals surface area contributed by atoms with E-state index in [0.29, 0.717) is 6.42 Å². The van der Waals surface area contributed by atoms with Gasteiger partial charge in [-0.3, -0.25) is 13.7 Å². The summed E-state index contributed by atoms with van der Waals surface area (Å²) in [5.74, 6) is 0. The van der Waals surface area contributed by atoms with Gasteiger partial charge in [0.1, 0.15) is 0 Å². The maximum atomic E-state index is 12.0. The van der Waals surface area contributed by atoms with Crippen molar-refractivity contribution in [3.05, 3.63) is 11.9 Å². The molecule has 0 amide bonds. The zero-order valence-electron chi connectivity index (χ0n) is 14.6. The number of hydrogen-bond donors (Lipinski definition) is 1. The van der Waals surface area contributed by atoms with Crippen LogP contribution in [0.15, 0.2) is 6.20 Å². The number of aromatic nitrogens is 3. The fourth-order valence-electron chi connectivity index (χ4n) is 2.95. The third kappa shape index (κ3) is 7.43. The van der Waals surface area contributed by atoms with E-state index in [1.54, 1.807) is 0 Å². The van der Waals surface area contributed by atoms with E-state index < -0.39 is 7.82 Å². The highest BCUT2D eigenvalue weighted by Crippen LogP contribution is 2.46. The van der Waals surface area contributed by atoms with Crippen LogP contribution in [0.1, 0.15) is 70.4 Å². The van der Waals surface area contributed by atoms with E-state index in [0.717, 1.165) is 57.2 Å². The number of nitrogens with zero attached hydrogens (tertiary/aromatic N) is 3. The summed E-state index contributed by atoms with van der Waals surface area (Å²) in [6.07, 6.45) is 11.4. The Balaban J connectivity index is 1.60. The molecule has 0 bridgehead atoms. The lowest BCUT2D eigenvalue weighted by atomic mass is 10.2. The van der Waals surface area contributed by atoms with E-state index in [1.165, 1.54) is 12.8 Å². The Bertz CT molecular complexity index is 515. The summed E-state index contributed by atoms with van der Waals surface area (Å²) in [6.45, 7) is 3.20. The lowest BCUT2D eigenvalue weighted by molar-refractivity contribution is 0.0947. The number of rotatable bonds is 10. The van der Waals surface area contributed by atoms with Gasteiger partial charge in [-0.25, -0.2) is 4.57 Å². The number of aryl methyl sites for hydroxylation is 2. The predicted molar refractivity (Wildman–Crippen MR) is 91.6 cm³/mol. The second-order valence-corrected chi connectivity index (χ2v) is 7.86. The van der Waals surface area contributed by atoms with Crippen LogP contribution in [0.25, 0.3) is 0 Å². The van der Waals surface area contributed by atoms with Crippen molar-refractivity contribution < 1.29 is 18.5 Å². The van der Waals surface area contributed by atoms with Crippen LogP contribution in [-0.2, 0) is 26.6 Å². The normalized spacial score (nSPS) is 19.1. The third-order valence-electron chi connectivity index (χ3n) is 4.20. The van der Waals surface area contributed by atoms with Gasteiger partial charge >= 0.3 is 7.82 Å². The van der Waals surface area contributed by atoms with E-state index >= 15 is 0 Å². The molecule has 24 heavy (non-hydrogen) atoms. The zero-order valence-corrected chi connectivity index (χ0v) is 15.5. The van der Waals surface area contributed by atoms with Crippen LogP contribution in [0, 0.1) is 0 Å². The summed E-state index contributed by atoms with van der Waals surface area (Å²) >= 11 is 0. The Morgan fingerprint density at radius 2 is 2.04 bits per heavy atom. The molecule has 1 heterocycles. The van der Waals surface area contributed by atoms with Crippen LogP contribution < -0.4 is 0 Å². The monoisotopic (exact) mass is 359 g/mol. The van der Waals surface area contributed by atoms with Crippen molar-refractivity contribution >= 4 is 7.82 Å². The Hall–Kier alpha value is -0.750. The van der Waals surface area contributed by atoms with Crippen LogP contribution in [0.3, 0.4) is 0 Å². The van der Waals surface area contributed by atoms with Crippen LogP contribution in [0.4, 0.5) is 0 Å². The molecule has 1 aromatic rings. The number of phosphoric ester groups is 1. The van der Waals surface area contributed by atoms with Crippen molar-refractivity contribution in [1.29, 1.82) is 0 Å². The molecular formula is C16H30N3O4P. The van der Waals surface area contributed by atoms with Crippen molar-refractivity contribution in [2.24, 2.45) is 0 Å². The molecular weight excluding hydrogens is 329 g/mol. The molecule has 0 radical (unpaired) electrons. The van der Waals surface area contributed by atoms with Gasteiger partial charge in [-0.15, -0.1) is 5.10 Å². The summed E-state index contributed by atoms with van der Waals surface area (Å²) in [5, 5.41) is 8.16. The molecule has 0 aromatic carbocycles. The van der Waals surface area contributed by atoms with Gasteiger partial charge in [0.25, 0.3) is 0 Å². The molecule has 0 spiro atoms. The first-order chi connectivity index (χ1) is 11.6. The molecule has 0 aliphatic heterocycles. The van der Waals surface area contributed by atoms with Crippen molar-refractivity contribution in [3.8, 4) is 0 Å². The molecule has 1 atom stereocenters. The maximum Gasteiger partial charge on any atom is 0.472 e. The quantitative estimate of drug-likeness (QED) is 0.388. The summed E-state index contributed by atoms with van der Waals surface area (Å²) in [6, 6.07) is 0. The van der Waals surface area contributed by atoms with Gasteiger partial charge in [-0.05, 0) is 38.5 Å². The molecule has 1 N–H and O–H groups in total. The zero-order chi connectivity index (χ0) is 17.3. The molecule has 1 aromatic heterocycles. The molecule has 7 nitrogen and oxygen atoms in total. The van der Waals surface area contributed by atoms with Gasteiger partial charge in [0.05, 0.1) is 18.4 Å². The minimum Gasteiger partial charge on any atom is -0.302 e. The molecule has 138 valence electrons. The van der Waals surface area contributed by atoms with E-state index in [9.17, 15) is 9.46 Å². The molecule has 0 saturated heterocycles. The minimum atomic E-state index is -3.93. The molecule has 1 aliphatic carbocycles. The lowest BCUT2D eigenvalue weighted by Crippen LogP contribution is -2.11. The maximum absolute atomic E-state index is 12.0. The van der Waals surface area contributed by atoms with Crippen molar-refractivity contribution in [3.63, 3.8) is 0 Å². The summed E-state index contributed by atoms with van der Waals surface area (Å²) in [5.41, 5.74) is 0.949. The first-order valence-electron chi connectivity index (χ1n) is 9.14. The molecule has 1 unspecified atom stereocenters. The third-order valence-corrected chi connectivity index (χ3v) is 5.28. The van der Waals surface area contributed by atoms with Gasteiger partial charge < -0.3 is 4.89 Å². The first kappa shape index (κ1) is 19.6. The first-order valence-corrected chi connectivity index (χ1v) is 10.6. The molecule has 1 saturated carbocycles.